The summed E-state index contributed by atoms with van der Waals surface area (Å²) in [5, 5.41) is 0.555. The molecule has 2 rings (SSSR count). The van der Waals surface area contributed by atoms with E-state index in [1.165, 1.54) is 12.0 Å². The molecule has 0 saturated carbocycles. The number of rotatable bonds is 6. The van der Waals surface area contributed by atoms with Crippen LogP contribution in [0.25, 0.3) is 0 Å². The second kappa shape index (κ2) is 8.05. The fourth-order valence-corrected chi connectivity index (χ4v) is 4.60. The molecule has 1 fully saturated rings. The molecule has 7 nitrogen and oxygen atoms in total. The van der Waals surface area contributed by atoms with E-state index in [1.54, 1.807) is 25.1 Å². The normalized spacial score (nSPS) is 18.6. The van der Waals surface area contributed by atoms with Crippen molar-refractivity contribution in [1.82, 2.24) is 4.90 Å². The number of benzene rings is 1. The molecule has 0 radical (unpaired) electrons. The van der Waals surface area contributed by atoms with Gasteiger partial charge in [0.2, 0.25) is 0 Å². The van der Waals surface area contributed by atoms with Crippen LogP contribution in [0.3, 0.4) is 0 Å². The summed E-state index contributed by atoms with van der Waals surface area (Å²) in [5.74, 6) is -0.743. The monoisotopic (exact) mass is 389 g/mol. The van der Waals surface area contributed by atoms with Crippen molar-refractivity contribution in [2.75, 3.05) is 31.8 Å². The Morgan fingerprint density at radius 2 is 2.08 bits per heavy atom. The van der Waals surface area contributed by atoms with E-state index in [-0.39, 0.29) is 24.7 Å². The molecule has 0 unspecified atom stereocenters. The number of methoxy groups -OCH3 is 1. The van der Waals surface area contributed by atoms with Gasteiger partial charge in [0, 0.05) is 11.1 Å². The van der Waals surface area contributed by atoms with Gasteiger partial charge in [0.25, 0.3) is 5.91 Å². The van der Waals surface area contributed by atoms with E-state index in [0.717, 1.165) is 5.56 Å². The molecule has 0 aliphatic carbocycles. The van der Waals surface area contributed by atoms with Crippen molar-refractivity contribution < 1.29 is 27.5 Å². The molecule has 1 heterocycles. The minimum absolute atomic E-state index is 0.000229. The Morgan fingerprint density at radius 3 is 2.64 bits per heavy atom. The lowest BCUT2D eigenvalue weighted by Crippen LogP contribution is -2.46. The molecule has 1 amide bonds. The van der Waals surface area contributed by atoms with Gasteiger partial charge >= 0.3 is 5.97 Å². The summed E-state index contributed by atoms with van der Waals surface area (Å²) >= 11 is 5.88. The first kappa shape index (κ1) is 19.5. The zero-order valence-corrected chi connectivity index (χ0v) is 15.6. The van der Waals surface area contributed by atoms with Crippen molar-refractivity contribution in [2.24, 2.45) is 0 Å². The quantitative estimate of drug-likeness (QED) is 0.679. The number of nitrogens with zero attached hydrogens (tertiary/aromatic N) is 1. The van der Waals surface area contributed by atoms with Crippen LogP contribution >= 0.6 is 11.6 Å². The Labute approximate surface area is 151 Å². The largest absolute Gasteiger partial charge is 0.483 e. The van der Waals surface area contributed by atoms with E-state index in [9.17, 15) is 18.0 Å². The maximum atomic E-state index is 12.5. The number of amides is 1. The Morgan fingerprint density at radius 1 is 1.36 bits per heavy atom. The molecule has 0 spiro atoms. The highest BCUT2D eigenvalue weighted by atomic mass is 35.5. The Bertz CT molecular complexity index is 764. The Kier molecular flexibility index (Phi) is 6.29. The molecule has 1 atom stereocenters. The number of halogens is 1. The van der Waals surface area contributed by atoms with Crippen LogP contribution in [-0.2, 0) is 24.2 Å². The number of hydrogen-bond donors (Lipinski definition) is 0. The predicted octanol–water partition coefficient (Wildman–Crippen LogP) is 1.22. The highest BCUT2D eigenvalue weighted by Crippen LogP contribution is 2.22. The lowest BCUT2D eigenvalue weighted by Gasteiger charge is -2.27. The average molecular weight is 390 g/mol. The smallest absolute Gasteiger partial charge is 0.325 e. The van der Waals surface area contributed by atoms with Gasteiger partial charge in [-0.25, -0.2) is 8.42 Å². The van der Waals surface area contributed by atoms with Gasteiger partial charge in [-0.15, -0.1) is 0 Å². The lowest BCUT2D eigenvalue weighted by atomic mass is 10.2. The topological polar surface area (TPSA) is 90.0 Å². The Balaban J connectivity index is 2.08. The van der Waals surface area contributed by atoms with Crippen LogP contribution in [0.1, 0.15) is 12.0 Å². The fraction of sp³-hybridized carbons (Fsp3) is 0.500. The average Bonchev–Trinajstić information content (AvgIpc) is 2.90. The molecular weight excluding hydrogens is 370 g/mol. The number of carbonyl (C=O) groups excluding carboxylic acids is 2. The van der Waals surface area contributed by atoms with Gasteiger partial charge in [-0.05, 0) is 37.1 Å². The predicted molar refractivity (Wildman–Crippen MR) is 92.5 cm³/mol. The van der Waals surface area contributed by atoms with Gasteiger partial charge in [0.15, 0.2) is 16.4 Å². The first-order chi connectivity index (χ1) is 11.7. The summed E-state index contributed by atoms with van der Waals surface area (Å²) < 4.78 is 33.5. The molecule has 1 aliphatic rings. The zero-order valence-electron chi connectivity index (χ0n) is 14.0. The van der Waals surface area contributed by atoms with Crippen molar-refractivity contribution in [2.45, 2.75) is 19.4 Å². The summed E-state index contributed by atoms with van der Waals surface area (Å²) in [4.78, 5) is 25.3. The summed E-state index contributed by atoms with van der Waals surface area (Å²) in [6.07, 6.45) is 0.297. The third kappa shape index (κ3) is 5.34. The van der Waals surface area contributed by atoms with Gasteiger partial charge in [-0.3, -0.25) is 9.59 Å². The summed E-state index contributed by atoms with van der Waals surface area (Å²) in [5.41, 5.74) is 0.767. The lowest BCUT2D eigenvalue weighted by molar-refractivity contribution is -0.149. The van der Waals surface area contributed by atoms with Crippen LogP contribution in [0.2, 0.25) is 5.02 Å². The van der Waals surface area contributed by atoms with Gasteiger partial charge in [-0.2, -0.15) is 0 Å². The van der Waals surface area contributed by atoms with Crippen molar-refractivity contribution in [3.63, 3.8) is 0 Å². The third-order valence-corrected chi connectivity index (χ3v) is 5.97. The molecule has 138 valence electrons. The van der Waals surface area contributed by atoms with E-state index in [2.05, 4.69) is 4.74 Å². The molecule has 9 heteroatoms. The number of esters is 1. The van der Waals surface area contributed by atoms with Gasteiger partial charge in [-0.1, -0.05) is 11.6 Å². The number of ether oxygens (including phenoxy) is 2. The molecule has 25 heavy (non-hydrogen) atoms. The third-order valence-electron chi connectivity index (χ3n) is 3.98. The number of hydrogen-bond acceptors (Lipinski definition) is 6. The highest BCUT2D eigenvalue weighted by molar-refractivity contribution is 7.91. The van der Waals surface area contributed by atoms with E-state index in [0.29, 0.717) is 17.2 Å². The van der Waals surface area contributed by atoms with Crippen LogP contribution in [-0.4, -0.2) is 63.0 Å². The molecule has 1 aromatic carbocycles. The van der Waals surface area contributed by atoms with Gasteiger partial charge in [0.05, 0.1) is 18.6 Å². The Hall–Kier alpha value is -1.80. The highest BCUT2D eigenvalue weighted by Gasteiger charge is 2.35. The van der Waals surface area contributed by atoms with Crippen LogP contribution in [0, 0.1) is 6.92 Å². The van der Waals surface area contributed by atoms with E-state index in [1.807, 2.05) is 0 Å². The molecule has 0 aromatic heterocycles. The standard InChI is InChI=1S/C16H20ClNO6S/c1-11-7-12(17)3-4-14(11)24-9-15(19)18(8-16(20)23-2)13-5-6-25(21,22)10-13/h3-4,7,13H,5-6,8-10H2,1-2H3/t13-/m1/s1. The molecule has 0 bridgehead atoms. The van der Waals surface area contributed by atoms with Crippen molar-refractivity contribution in [1.29, 1.82) is 0 Å². The second-order valence-electron chi connectivity index (χ2n) is 5.85. The molecule has 1 saturated heterocycles. The van der Waals surface area contributed by atoms with E-state index in [4.69, 9.17) is 16.3 Å². The number of aryl methyl sites for hydroxylation is 1. The summed E-state index contributed by atoms with van der Waals surface area (Å²) in [6, 6.07) is 4.45. The molecule has 0 N–H and O–H groups in total. The van der Waals surface area contributed by atoms with Crippen molar-refractivity contribution in [3.05, 3.63) is 28.8 Å². The zero-order chi connectivity index (χ0) is 18.6. The fourth-order valence-electron chi connectivity index (χ4n) is 2.64. The minimum atomic E-state index is -3.20. The first-order valence-electron chi connectivity index (χ1n) is 7.67. The molecule has 1 aliphatic heterocycles. The van der Waals surface area contributed by atoms with Crippen LogP contribution in [0.15, 0.2) is 18.2 Å². The van der Waals surface area contributed by atoms with E-state index < -0.39 is 27.8 Å². The van der Waals surface area contributed by atoms with Crippen molar-refractivity contribution in [3.8, 4) is 5.75 Å². The minimum Gasteiger partial charge on any atom is -0.483 e. The summed E-state index contributed by atoms with van der Waals surface area (Å²) in [6.45, 7) is 1.18. The maximum Gasteiger partial charge on any atom is 0.325 e. The van der Waals surface area contributed by atoms with Crippen LogP contribution in [0.5, 0.6) is 5.75 Å². The van der Waals surface area contributed by atoms with E-state index >= 15 is 0 Å². The second-order valence-corrected chi connectivity index (χ2v) is 8.52. The van der Waals surface area contributed by atoms with Gasteiger partial charge in [0.1, 0.15) is 12.3 Å². The number of sulfone groups is 1. The first-order valence-corrected chi connectivity index (χ1v) is 9.87. The molecule has 1 aromatic rings. The van der Waals surface area contributed by atoms with Crippen LogP contribution < -0.4 is 4.74 Å². The number of carbonyl (C=O) groups is 2. The van der Waals surface area contributed by atoms with Crippen molar-refractivity contribution >= 4 is 33.3 Å². The maximum absolute atomic E-state index is 12.5. The SMILES string of the molecule is COC(=O)CN(C(=O)COc1ccc(Cl)cc1C)[C@@H]1CCS(=O)(=O)C1. The summed E-state index contributed by atoms with van der Waals surface area (Å²) in [7, 11) is -1.98. The molecular formula is C16H20ClNO6S. The van der Waals surface area contributed by atoms with Crippen LogP contribution in [0.4, 0.5) is 0 Å². The van der Waals surface area contributed by atoms with Gasteiger partial charge < -0.3 is 14.4 Å².